The average molecular weight is 388 g/mol. The molecule has 29 heavy (non-hydrogen) atoms. The van der Waals surface area contributed by atoms with Crippen LogP contribution in [-0.2, 0) is 0 Å². The van der Waals surface area contributed by atoms with Crippen molar-refractivity contribution < 1.29 is 13.6 Å². The van der Waals surface area contributed by atoms with Crippen LogP contribution in [0.1, 0.15) is 42.1 Å². The molecule has 3 aromatic carbocycles. The number of fused-ring (bicyclic) bond motifs is 1. The molecule has 0 radical (unpaired) electrons. The number of rotatable bonds is 5. The van der Waals surface area contributed by atoms with Gasteiger partial charge in [-0.2, -0.15) is 0 Å². The van der Waals surface area contributed by atoms with E-state index >= 15 is 0 Å². The number of carbonyl (C=O) groups is 1. The number of nitrogens with zero attached hydrogens (tertiary/aromatic N) is 1. The summed E-state index contributed by atoms with van der Waals surface area (Å²) >= 11 is 0. The molecule has 0 saturated heterocycles. The van der Waals surface area contributed by atoms with E-state index in [2.05, 4.69) is 36.3 Å². The second-order valence-electron chi connectivity index (χ2n) is 7.07. The first kappa shape index (κ1) is 18.9. The molecule has 5 heteroatoms. The highest BCUT2D eigenvalue weighted by Crippen LogP contribution is 2.28. The summed E-state index contributed by atoms with van der Waals surface area (Å²) in [4.78, 5) is 16.8. The summed E-state index contributed by atoms with van der Waals surface area (Å²) in [6.07, 6.45) is 1.07. The Morgan fingerprint density at radius 3 is 2.59 bits per heavy atom. The lowest BCUT2D eigenvalue weighted by atomic mass is 9.98. The van der Waals surface area contributed by atoms with E-state index in [0.29, 0.717) is 17.5 Å². The Hall–Kier alpha value is -3.47. The van der Waals surface area contributed by atoms with Crippen LogP contribution in [-0.4, -0.2) is 10.9 Å². The minimum atomic E-state index is -0.551. The van der Waals surface area contributed by atoms with E-state index in [1.54, 1.807) is 24.3 Å². The van der Waals surface area contributed by atoms with Crippen molar-refractivity contribution in [3.8, 4) is 11.5 Å². The van der Waals surface area contributed by atoms with Crippen molar-refractivity contribution >= 4 is 22.7 Å². The Balaban J connectivity index is 1.54. The van der Waals surface area contributed by atoms with Crippen molar-refractivity contribution in [2.75, 3.05) is 5.32 Å². The summed E-state index contributed by atoms with van der Waals surface area (Å²) in [5.41, 5.74) is 4.18. The number of oxazole rings is 1. The summed E-state index contributed by atoms with van der Waals surface area (Å²) in [5.74, 6) is -0.0506. The normalized spacial score (nSPS) is 12.1. The zero-order chi connectivity index (χ0) is 20.4. The number of nitrogens with one attached hydrogen (secondary N) is 1. The van der Waals surface area contributed by atoms with Gasteiger partial charge in [-0.05, 0) is 66.4 Å². The largest absolute Gasteiger partial charge is 0.436 e. The van der Waals surface area contributed by atoms with Crippen LogP contribution in [0.3, 0.4) is 0 Å². The average Bonchev–Trinajstić information content (AvgIpc) is 3.17. The zero-order valence-electron chi connectivity index (χ0n) is 16.3. The molecule has 1 heterocycles. The fourth-order valence-corrected chi connectivity index (χ4v) is 3.15. The van der Waals surface area contributed by atoms with Gasteiger partial charge in [0.1, 0.15) is 11.3 Å². The van der Waals surface area contributed by atoms with E-state index in [9.17, 15) is 9.18 Å². The number of hydrogen-bond acceptors (Lipinski definition) is 3. The van der Waals surface area contributed by atoms with Crippen LogP contribution in [0, 0.1) is 5.82 Å². The van der Waals surface area contributed by atoms with Gasteiger partial charge < -0.3 is 9.73 Å². The van der Waals surface area contributed by atoms with E-state index in [-0.39, 0.29) is 5.56 Å². The number of benzene rings is 3. The number of carbonyl (C=O) groups excluding carboxylic acids is 1. The molecule has 1 atom stereocenters. The van der Waals surface area contributed by atoms with Crippen molar-refractivity contribution in [1.82, 2.24) is 4.98 Å². The summed E-state index contributed by atoms with van der Waals surface area (Å²) in [6.45, 7) is 4.35. The van der Waals surface area contributed by atoms with Crippen molar-refractivity contribution in [3.63, 3.8) is 0 Å². The molecule has 146 valence electrons. The van der Waals surface area contributed by atoms with E-state index < -0.39 is 11.7 Å². The Morgan fingerprint density at radius 1 is 1.10 bits per heavy atom. The molecule has 1 amide bonds. The monoisotopic (exact) mass is 388 g/mol. The third-order valence-electron chi connectivity index (χ3n) is 5.10. The van der Waals surface area contributed by atoms with Gasteiger partial charge in [0.25, 0.3) is 5.91 Å². The van der Waals surface area contributed by atoms with Crippen LogP contribution in [0.5, 0.6) is 0 Å². The standard InChI is InChI=1S/C24H21FN2O2/c1-3-15(2)17-10-13-22-21(14-17)27-24(29-22)16-8-11-18(12-9-16)26-23(28)19-6-4-5-7-20(19)25/h4-15H,3H2,1-2H3,(H,26,28)/t15-/m1/s1. The van der Waals surface area contributed by atoms with Crippen LogP contribution in [0.25, 0.3) is 22.6 Å². The van der Waals surface area contributed by atoms with Gasteiger partial charge in [-0.1, -0.05) is 32.0 Å². The van der Waals surface area contributed by atoms with Gasteiger partial charge in [0.05, 0.1) is 5.56 Å². The Kier molecular flexibility index (Phi) is 5.12. The topological polar surface area (TPSA) is 55.1 Å². The molecule has 1 N–H and O–H groups in total. The molecule has 0 saturated carbocycles. The van der Waals surface area contributed by atoms with Crippen molar-refractivity contribution in [2.24, 2.45) is 0 Å². The minimum absolute atomic E-state index is 0.00707. The number of halogens is 1. The zero-order valence-corrected chi connectivity index (χ0v) is 16.3. The first-order valence-corrected chi connectivity index (χ1v) is 9.62. The Bertz CT molecular complexity index is 1170. The second-order valence-corrected chi connectivity index (χ2v) is 7.07. The molecule has 1 aromatic heterocycles. The van der Waals surface area contributed by atoms with Crippen molar-refractivity contribution in [3.05, 3.63) is 83.7 Å². The third kappa shape index (κ3) is 3.90. The molecule has 0 bridgehead atoms. The van der Waals surface area contributed by atoms with Crippen molar-refractivity contribution in [1.29, 1.82) is 0 Å². The van der Waals surface area contributed by atoms with E-state index in [1.165, 1.54) is 17.7 Å². The maximum Gasteiger partial charge on any atom is 0.258 e. The van der Waals surface area contributed by atoms with E-state index in [4.69, 9.17) is 4.42 Å². The SMILES string of the molecule is CC[C@@H](C)c1ccc2oc(-c3ccc(NC(=O)c4ccccc4F)cc3)nc2c1. The number of amides is 1. The van der Waals surface area contributed by atoms with E-state index in [1.807, 2.05) is 18.2 Å². The van der Waals surface area contributed by atoms with Crippen LogP contribution < -0.4 is 5.32 Å². The van der Waals surface area contributed by atoms with Crippen LogP contribution in [0.4, 0.5) is 10.1 Å². The van der Waals surface area contributed by atoms with Gasteiger partial charge in [-0.25, -0.2) is 9.37 Å². The van der Waals surface area contributed by atoms with Gasteiger partial charge in [-0.15, -0.1) is 0 Å². The highest BCUT2D eigenvalue weighted by atomic mass is 19.1. The lowest BCUT2D eigenvalue weighted by Gasteiger charge is -2.07. The van der Waals surface area contributed by atoms with Crippen LogP contribution in [0.2, 0.25) is 0 Å². The summed E-state index contributed by atoms with van der Waals surface area (Å²) in [6, 6.07) is 19.1. The number of aromatic nitrogens is 1. The molecular weight excluding hydrogens is 367 g/mol. The van der Waals surface area contributed by atoms with Gasteiger partial charge in [0, 0.05) is 11.3 Å². The lowest BCUT2D eigenvalue weighted by Crippen LogP contribution is -2.13. The molecule has 4 nitrogen and oxygen atoms in total. The molecular formula is C24H21FN2O2. The lowest BCUT2D eigenvalue weighted by molar-refractivity contribution is 0.102. The summed E-state index contributed by atoms with van der Waals surface area (Å²) in [7, 11) is 0. The van der Waals surface area contributed by atoms with Crippen LogP contribution >= 0.6 is 0 Å². The quantitative estimate of drug-likeness (QED) is 0.430. The predicted octanol–water partition coefficient (Wildman–Crippen LogP) is 6.40. The fourth-order valence-electron chi connectivity index (χ4n) is 3.15. The molecule has 0 aliphatic carbocycles. The molecule has 4 rings (SSSR count). The molecule has 0 aliphatic rings. The third-order valence-corrected chi connectivity index (χ3v) is 5.10. The van der Waals surface area contributed by atoms with Gasteiger partial charge >= 0.3 is 0 Å². The molecule has 0 spiro atoms. The first-order valence-electron chi connectivity index (χ1n) is 9.62. The molecule has 0 unspecified atom stereocenters. The second kappa shape index (κ2) is 7.87. The Morgan fingerprint density at radius 2 is 1.86 bits per heavy atom. The highest BCUT2D eigenvalue weighted by molar-refractivity contribution is 6.04. The molecule has 0 fully saturated rings. The summed E-state index contributed by atoms with van der Waals surface area (Å²) < 4.78 is 19.6. The van der Waals surface area contributed by atoms with E-state index in [0.717, 1.165) is 23.1 Å². The number of hydrogen-bond donors (Lipinski definition) is 1. The van der Waals surface area contributed by atoms with Gasteiger partial charge in [0.2, 0.25) is 5.89 Å². The smallest absolute Gasteiger partial charge is 0.258 e. The first-order chi connectivity index (χ1) is 14.0. The number of anilines is 1. The van der Waals surface area contributed by atoms with Gasteiger partial charge in [-0.3, -0.25) is 4.79 Å². The Labute approximate surface area is 168 Å². The molecule has 0 aliphatic heterocycles. The van der Waals surface area contributed by atoms with Gasteiger partial charge in [0.15, 0.2) is 5.58 Å². The maximum atomic E-state index is 13.7. The predicted molar refractivity (Wildman–Crippen MR) is 113 cm³/mol. The maximum absolute atomic E-state index is 13.7. The highest BCUT2D eigenvalue weighted by Gasteiger charge is 2.13. The molecule has 4 aromatic rings. The fraction of sp³-hybridized carbons (Fsp3) is 0.167. The summed E-state index contributed by atoms with van der Waals surface area (Å²) in [5, 5.41) is 2.70. The van der Waals surface area contributed by atoms with Crippen LogP contribution in [0.15, 0.2) is 71.1 Å². The van der Waals surface area contributed by atoms with Crippen molar-refractivity contribution in [2.45, 2.75) is 26.2 Å². The minimum Gasteiger partial charge on any atom is -0.436 e.